The van der Waals surface area contributed by atoms with Gasteiger partial charge >= 0.3 is 0 Å². The van der Waals surface area contributed by atoms with Crippen molar-refractivity contribution in [2.24, 2.45) is 25.6 Å². The van der Waals surface area contributed by atoms with Crippen LogP contribution >= 0.6 is 0 Å². The van der Waals surface area contributed by atoms with Gasteiger partial charge in [0.05, 0.1) is 18.3 Å². The molecule has 2 aromatic rings. The molecule has 100 valence electrons. The van der Waals surface area contributed by atoms with Crippen molar-refractivity contribution < 1.29 is 0 Å². The zero-order valence-corrected chi connectivity index (χ0v) is 11.1. The Morgan fingerprint density at radius 1 is 1.11 bits per heavy atom. The van der Waals surface area contributed by atoms with Gasteiger partial charge in [-0.25, -0.2) is 9.97 Å². The second-order valence-corrected chi connectivity index (χ2v) is 4.10. The summed E-state index contributed by atoms with van der Waals surface area (Å²) in [5, 5.41) is 0. The van der Waals surface area contributed by atoms with Crippen molar-refractivity contribution in [3.63, 3.8) is 0 Å². The Bertz CT molecular complexity index is 445. The van der Waals surface area contributed by atoms with E-state index in [1.807, 2.05) is 35.6 Å². The summed E-state index contributed by atoms with van der Waals surface area (Å²) < 4.78 is 3.90. The molecule has 0 bridgehead atoms. The molecule has 0 saturated heterocycles. The number of hydrogen-bond acceptors (Lipinski definition) is 4. The van der Waals surface area contributed by atoms with E-state index in [9.17, 15) is 0 Å². The van der Waals surface area contributed by atoms with Crippen LogP contribution in [0.1, 0.15) is 11.4 Å². The van der Waals surface area contributed by atoms with Crippen molar-refractivity contribution in [1.29, 1.82) is 0 Å². The smallest absolute Gasteiger partial charge is 0.0946 e. The van der Waals surface area contributed by atoms with E-state index in [1.54, 1.807) is 12.7 Å². The van der Waals surface area contributed by atoms with Crippen LogP contribution in [0.25, 0.3) is 0 Å². The van der Waals surface area contributed by atoms with Crippen LogP contribution in [0.4, 0.5) is 0 Å². The van der Waals surface area contributed by atoms with Crippen LogP contribution in [-0.2, 0) is 26.9 Å². The molecule has 0 aliphatic heterocycles. The van der Waals surface area contributed by atoms with E-state index in [0.29, 0.717) is 13.1 Å². The van der Waals surface area contributed by atoms with E-state index in [1.165, 1.54) is 5.69 Å². The third-order valence-corrected chi connectivity index (χ3v) is 2.48. The molecule has 2 aromatic heterocycles. The summed E-state index contributed by atoms with van der Waals surface area (Å²) in [4.78, 5) is 8.04. The predicted molar refractivity (Wildman–Crippen MR) is 71.9 cm³/mol. The van der Waals surface area contributed by atoms with Crippen molar-refractivity contribution in [3.8, 4) is 0 Å². The highest BCUT2D eigenvalue weighted by Gasteiger charge is 1.93. The van der Waals surface area contributed by atoms with E-state index < -0.39 is 0 Å². The van der Waals surface area contributed by atoms with E-state index in [-0.39, 0.29) is 0 Å². The minimum absolute atomic E-state index is 0.678. The Kier molecular flexibility index (Phi) is 6.10. The van der Waals surface area contributed by atoms with E-state index in [0.717, 1.165) is 18.5 Å². The molecule has 0 saturated carbocycles. The van der Waals surface area contributed by atoms with E-state index in [4.69, 9.17) is 11.5 Å². The Balaban J connectivity index is 0.000000180. The largest absolute Gasteiger partial charge is 0.340 e. The van der Waals surface area contributed by atoms with Crippen molar-refractivity contribution in [2.45, 2.75) is 12.8 Å². The lowest BCUT2D eigenvalue weighted by Gasteiger charge is -1.96. The summed E-state index contributed by atoms with van der Waals surface area (Å²) in [6, 6.07) is 0. The Morgan fingerprint density at radius 2 is 1.83 bits per heavy atom. The standard InChI is InChI=1S/2C6H11N3/c1-9-4-6(2-3-7)8-5-9;1-9-5-8-4-6(9)2-3-7/h2*4-5H,2-3,7H2,1H3. The molecule has 4 N–H and O–H groups in total. The van der Waals surface area contributed by atoms with Gasteiger partial charge in [0, 0.05) is 45.0 Å². The molecule has 6 heteroatoms. The molecular formula is C12H22N6. The third-order valence-electron chi connectivity index (χ3n) is 2.48. The highest BCUT2D eigenvalue weighted by Crippen LogP contribution is 1.94. The van der Waals surface area contributed by atoms with Crippen molar-refractivity contribution in [1.82, 2.24) is 19.1 Å². The first-order chi connectivity index (χ1) is 8.67. The average molecular weight is 250 g/mol. The first-order valence-corrected chi connectivity index (χ1v) is 5.99. The van der Waals surface area contributed by atoms with Gasteiger partial charge < -0.3 is 20.6 Å². The highest BCUT2D eigenvalue weighted by atomic mass is 15.0. The Hall–Kier alpha value is -1.66. The Morgan fingerprint density at radius 3 is 2.28 bits per heavy atom. The summed E-state index contributed by atoms with van der Waals surface area (Å²) in [6.45, 7) is 1.37. The summed E-state index contributed by atoms with van der Waals surface area (Å²) in [7, 11) is 3.92. The van der Waals surface area contributed by atoms with E-state index >= 15 is 0 Å². The van der Waals surface area contributed by atoms with Crippen LogP contribution in [-0.4, -0.2) is 32.2 Å². The molecule has 0 unspecified atom stereocenters. The first kappa shape index (κ1) is 14.4. The topological polar surface area (TPSA) is 87.7 Å². The van der Waals surface area contributed by atoms with Crippen LogP contribution in [0.3, 0.4) is 0 Å². The molecule has 6 nitrogen and oxygen atoms in total. The van der Waals surface area contributed by atoms with Crippen molar-refractivity contribution >= 4 is 0 Å². The maximum atomic E-state index is 5.35. The molecule has 0 aliphatic carbocycles. The van der Waals surface area contributed by atoms with Gasteiger partial charge in [-0.3, -0.25) is 0 Å². The molecule has 0 spiro atoms. The van der Waals surface area contributed by atoms with Gasteiger partial charge in [0.15, 0.2) is 0 Å². The van der Waals surface area contributed by atoms with Crippen LogP contribution in [0, 0.1) is 0 Å². The minimum atomic E-state index is 0.678. The second kappa shape index (κ2) is 7.62. The van der Waals surface area contributed by atoms with Gasteiger partial charge in [-0.1, -0.05) is 0 Å². The summed E-state index contributed by atoms with van der Waals surface area (Å²) in [6.07, 6.45) is 9.17. The van der Waals surface area contributed by atoms with Crippen molar-refractivity contribution in [3.05, 3.63) is 36.4 Å². The number of nitrogens with two attached hydrogens (primary N) is 2. The summed E-state index contributed by atoms with van der Waals surface area (Å²) >= 11 is 0. The van der Waals surface area contributed by atoms with Crippen molar-refractivity contribution in [2.75, 3.05) is 13.1 Å². The van der Waals surface area contributed by atoms with Crippen LogP contribution < -0.4 is 11.5 Å². The fraction of sp³-hybridized carbons (Fsp3) is 0.500. The highest BCUT2D eigenvalue weighted by molar-refractivity contribution is 4.97. The normalized spacial score (nSPS) is 10.0. The molecule has 2 rings (SSSR count). The lowest BCUT2D eigenvalue weighted by Crippen LogP contribution is -2.05. The average Bonchev–Trinajstić information content (AvgIpc) is 2.91. The molecule has 0 aliphatic rings. The molecule has 0 radical (unpaired) electrons. The van der Waals surface area contributed by atoms with Gasteiger partial charge in [-0.2, -0.15) is 0 Å². The molecule has 0 atom stereocenters. The fourth-order valence-corrected chi connectivity index (χ4v) is 1.52. The lowest BCUT2D eigenvalue weighted by molar-refractivity contribution is 0.804. The first-order valence-electron chi connectivity index (χ1n) is 5.99. The Labute approximate surface area is 108 Å². The van der Waals surface area contributed by atoms with E-state index in [2.05, 4.69) is 9.97 Å². The summed E-state index contributed by atoms with van der Waals surface area (Å²) in [5.74, 6) is 0. The molecular weight excluding hydrogens is 228 g/mol. The number of hydrogen-bond donors (Lipinski definition) is 2. The number of aryl methyl sites for hydroxylation is 2. The SMILES string of the molecule is Cn1cnc(CCN)c1.Cn1cncc1CCN. The molecule has 0 amide bonds. The number of imidazole rings is 2. The van der Waals surface area contributed by atoms with Gasteiger partial charge in [-0.05, 0) is 13.1 Å². The third kappa shape index (κ3) is 4.68. The monoisotopic (exact) mass is 250 g/mol. The minimum Gasteiger partial charge on any atom is -0.340 e. The second-order valence-electron chi connectivity index (χ2n) is 4.10. The van der Waals surface area contributed by atoms with Crippen LogP contribution in [0.5, 0.6) is 0 Å². The maximum Gasteiger partial charge on any atom is 0.0946 e. The number of rotatable bonds is 4. The fourth-order valence-electron chi connectivity index (χ4n) is 1.52. The number of nitrogens with zero attached hydrogens (tertiary/aromatic N) is 4. The molecule has 18 heavy (non-hydrogen) atoms. The zero-order chi connectivity index (χ0) is 13.4. The maximum absolute atomic E-state index is 5.35. The number of aromatic nitrogens is 4. The summed E-state index contributed by atoms with van der Waals surface area (Å²) in [5.41, 5.74) is 12.9. The molecule has 0 aromatic carbocycles. The zero-order valence-electron chi connectivity index (χ0n) is 11.1. The van der Waals surface area contributed by atoms with Gasteiger partial charge in [0.25, 0.3) is 0 Å². The van der Waals surface area contributed by atoms with Gasteiger partial charge in [0.2, 0.25) is 0 Å². The molecule has 2 heterocycles. The van der Waals surface area contributed by atoms with Crippen LogP contribution in [0.2, 0.25) is 0 Å². The lowest BCUT2D eigenvalue weighted by atomic mass is 10.3. The molecule has 0 fully saturated rings. The van der Waals surface area contributed by atoms with Gasteiger partial charge in [0.1, 0.15) is 0 Å². The predicted octanol–water partition coefficient (Wildman–Crippen LogP) is -0.157. The van der Waals surface area contributed by atoms with Gasteiger partial charge in [-0.15, -0.1) is 0 Å². The quantitative estimate of drug-likeness (QED) is 0.789. The van der Waals surface area contributed by atoms with Crippen LogP contribution in [0.15, 0.2) is 25.0 Å².